The van der Waals surface area contributed by atoms with Gasteiger partial charge in [-0.2, -0.15) is 4.31 Å². The van der Waals surface area contributed by atoms with Crippen LogP contribution in [0.5, 0.6) is 5.75 Å². The van der Waals surface area contributed by atoms with E-state index in [4.69, 9.17) is 9.47 Å². The molecule has 0 atom stereocenters. The van der Waals surface area contributed by atoms with E-state index in [1.165, 1.54) is 52.8 Å². The molecule has 1 amide bonds. The molecule has 0 radical (unpaired) electrons. The fraction of sp³-hybridized carbons (Fsp3) is 0.385. The van der Waals surface area contributed by atoms with Crippen molar-refractivity contribution >= 4 is 21.6 Å². The SMILES string of the molecule is COc1ccc(S(=O)(=O)N2CCOCC2)c(CNC(=O)c2cn(Cc3cn4cc(C5CC5)ccc4n3)nn2)c1F. The first kappa shape index (κ1) is 26.3. The highest BCUT2D eigenvalue weighted by atomic mass is 32.2. The number of hydrogen-bond acceptors (Lipinski definition) is 8. The molecule has 2 fully saturated rings. The third-order valence-corrected chi connectivity index (χ3v) is 9.05. The van der Waals surface area contributed by atoms with Gasteiger partial charge in [0.15, 0.2) is 17.3 Å². The average Bonchev–Trinajstić information content (AvgIpc) is 3.58. The molecule has 1 aliphatic heterocycles. The topological polar surface area (TPSA) is 133 Å². The second-order valence-electron chi connectivity index (χ2n) is 9.79. The largest absolute Gasteiger partial charge is 0.494 e. The number of methoxy groups -OCH3 is 1. The Morgan fingerprint density at radius 2 is 1.95 bits per heavy atom. The molecule has 12 nitrogen and oxygen atoms in total. The number of hydrogen-bond donors (Lipinski definition) is 1. The maximum Gasteiger partial charge on any atom is 0.273 e. The number of imidazole rings is 1. The minimum Gasteiger partial charge on any atom is -0.494 e. The molecule has 0 spiro atoms. The zero-order valence-corrected chi connectivity index (χ0v) is 22.6. The van der Waals surface area contributed by atoms with Crippen LogP contribution in [0.25, 0.3) is 5.65 Å². The Kier molecular flexibility index (Phi) is 6.98. The fourth-order valence-electron chi connectivity index (χ4n) is 4.77. The predicted octanol–water partition coefficient (Wildman–Crippen LogP) is 1.95. The molecule has 1 aliphatic carbocycles. The summed E-state index contributed by atoms with van der Waals surface area (Å²) in [5.41, 5.74) is 2.66. The molecule has 40 heavy (non-hydrogen) atoms. The third-order valence-electron chi connectivity index (χ3n) is 7.07. The van der Waals surface area contributed by atoms with E-state index in [1.807, 2.05) is 16.7 Å². The van der Waals surface area contributed by atoms with Gasteiger partial charge in [0.05, 0.1) is 43.7 Å². The van der Waals surface area contributed by atoms with Crippen LogP contribution in [-0.4, -0.2) is 76.4 Å². The van der Waals surface area contributed by atoms with Crippen LogP contribution in [0, 0.1) is 5.82 Å². The molecular weight excluding hydrogens is 541 g/mol. The molecule has 1 saturated heterocycles. The van der Waals surface area contributed by atoms with Crippen LogP contribution in [0.3, 0.4) is 0 Å². The van der Waals surface area contributed by atoms with Gasteiger partial charge in [0, 0.05) is 37.6 Å². The molecule has 14 heteroatoms. The summed E-state index contributed by atoms with van der Waals surface area (Å²) in [5, 5.41) is 10.5. The number of carbonyl (C=O) groups is 1. The van der Waals surface area contributed by atoms with Crippen molar-refractivity contribution in [2.45, 2.75) is 36.7 Å². The number of morpholine rings is 1. The van der Waals surface area contributed by atoms with Gasteiger partial charge in [-0.15, -0.1) is 5.10 Å². The first-order chi connectivity index (χ1) is 19.3. The van der Waals surface area contributed by atoms with Crippen LogP contribution in [0.1, 0.15) is 46.1 Å². The molecule has 1 N–H and O–H groups in total. The van der Waals surface area contributed by atoms with Crippen molar-refractivity contribution in [2.24, 2.45) is 0 Å². The van der Waals surface area contributed by atoms with E-state index in [0.717, 1.165) is 11.3 Å². The quantitative estimate of drug-likeness (QED) is 0.324. The number of nitrogens with zero attached hydrogens (tertiary/aromatic N) is 6. The van der Waals surface area contributed by atoms with Gasteiger partial charge in [-0.1, -0.05) is 11.3 Å². The summed E-state index contributed by atoms with van der Waals surface area (Å²) in [6, 6.07) is 6.63. The summed E-state index contributed by atoms with van der Waals surface area (Å²) in [6.45, 7) is 0.695. The van der Waals surface area contributed by atoms with Crippen molar-refractivity contribution in [1.82, 2.24) is 34.0 Å². The van der Waals surface area contributed by atoms with Crippen LogP contribution in [0.15, 0.2) is 47.8 Å². The zero-order chi connectivity index (χ0) is 27.9. The zero-order valence-electron chi connectivity index (χ0n) is 21.8. The standard InChI is InChI=1S/C26H28FN7O5S/c1-38-22-5-6-23(40(36,37)34-8-10-39-11-9-34)20(25(22)27)12-28-26(35)21-16-33(31-30-21)15-19-14-32-13-18(17-2-3-17)4-7-24(32)29-19/h4-7,13-14,16-17H,2-3,8-12,15H2,1H3,(H,28,35). The lowest BCUT2D eigenvalue weighted by Gasteiger charge is -2.27. The number of benzene rings is 1. The van der Waals surface area contributed by atoms with Crippen LogP contribution in [-0.2, 0) is 27.8 Å². The first-order valence-corrected chi connectivity index (χ1v) is 14.4. The Balaban J connectivity index is 1.17. The lowest BCUT2D eigenvalue weighted by atomic mass is 10.2. The Morgan fingerprint density at radius 3 is 2.70 bits per heavy atom. The second kappa shape index (κ2) is 10.6. The number of carbonyl (C=O) groups excluding carboxylic acids is 1. The molecule has 4 heterocycles. The molecular formula is C26H28FN7O5S. The summed E-state index contributed by atoms with van der Waals surface area (Å²) >= 11 is 0. The molecule has 0 unspecified atom stereocenters. The van der Waals surface area contributed by atoms with Gasteiger partial charge in [0.1, 0.15) is 5.65 Å². The van der Waals surface area contributed by atoms with Crippen molar-refractivity contribution in [1.29, 1.82) is 0 Å². The van der Waals surface area contributed by atoms with Crippen molar-refractivity contribution in [2.75, 3.05) is 33.4 Å². The first-order valence-electron chi connectivity index (χ1n) is 12.9. The molecule has 0 bridgehead atoms. The second-order valence-corrected chi connectivity index (χ2v) is 11.7. The molecule has 3 aromatic heterocycles. The van der Waals surface area contributed by atoms with Gasteiger partial charge in [-0.05, 0) is 42.5 Å². The Labute approximate surface area is 229 Å². The van der Waals surface area contributed by atoms with E-state index in [-0.39, 0.29) is 48.2 Å². The van der Waals surface area contributed by atoms with Crippen molar-refractivity contribution in [3.8, 4) is 5.75 Å². The summed E-state index contributed by atoms with van der Waals surface area (Å²) in [5.74, 6) is -0.995. The van der Waals surface area contributed by atoms with Gasteiger partial charge in [0.2, 0.25) is 10.0 Å². The number of ether oxygens (including phenoxy) is 2. The molecule has 1 saturated carbocycles. The summed E-state index contributed by atoms with van der Waals surface area (Å²) < 4.78 is 56.8. The highest BCUT2D eigenvalue weighted by Gasteiger charge is 2.31. The lowest BCUT2D eigenvalue weighted by molar-refractivity contribution is 0.0730. The van der Waals surface area contributed by atoms with E-state index < -0.39 is 28.3 Å². The van der Waals surface area contributed by atoms with Crippen LogP contribution in [0.4, 0.5) is 4.39 Å². The Morgan fingerprint density at radius 1 is 1.15 bits per heavy atom. The van der Waals surface area contributed by atoms with Gasteiger partial charge >= 0.3 is 0 Å². The number of pyridine rings is 1. The van der Waals surface area contributed by atoms with Crippen molar-refractivity contribution in [3.63, 3.8) is 0 Å². The van der Waals surface area contributed by atoms with Crippen molar-refractivity contribution in [3.05, 3.63) is 71.2 Å². The number of fused-ring (bicyclic) bond motifs is 1. The Bertz CT molecular complexity index is 1680. The van der Waals surface area contributed by atoms with Gasteiger partial charge in [-0.25, -0.2) is 22.5 Å². The molecule has 1 aromatic carbocycles. The summed E-state index contributed by atoms with van der Waals surface area (Å²) in [6.07, 6.45) is 7.90. The number of rotatable bonds is 9. The third kappa shape index (κ3) is 5.17. The van der Waals surface area contributed by atoms with E-state index in [0.29, 0.717) is 12.5 Å². The smallest absolute Gasteiger partial charge is 0.273 e. The predicted molar refractivity (Wildman–Crippen MR) is 140 cm³/mol. The molecule has 2 aliphatic rings. The number of amides is 1. The molecule has 210 valence electrons. The minimum atomic E-state index is -4.03. The van der Waals surface area contributed by atoms with Gasteiger partial charge in [0.25, 0.3) is 5.91 Å². The normalized spacial score (nSPS) is 16.4. The molecule has 6 rings (SSSR count). The van der Waals surface area contributed by atoms with Crippen LogP contribution < -0.4 is 10.1 Å². The van der Waals surface area contributed by atoms with E-state index in [9.17, 15) is 13.2 Å². The summed E-state index contributed by atoms with van der Waals surface area (Å²) in [7, 11) is -2.75. The number of sulfonamides is 1. The number of aromatic nitrogens is 5. The van der Waals surface area contributed by atoms with Crippen molar-refractivity contribution < 1.29 is 27.1 Å². The van der Waals surface area contributed by atoms with E-state index in [1.54, 1.807) is 0 Å². The number of nitrogens with one attached hydrogen (secondary N) is 1. The fourth-order valence-corrected chi connectivity index (χ4v) is 6.39. The summed E-state index contributed by atoms with van der Waals surface area (Å²) in [4.78, 5) is 17.2. The van der Waals surface area contributed by atoms with Gasteiger partial charge < -0.3 is 19.2 Å². The van der Waals surface area contributed by atoms with E-state index in [2.05, 4.69) is 32.9 Å². The van der Waals surface area contributed by atoms with Crippen LogP contribution in [0.2, 0.25) is 0 Å². The van der Waals surface area contributed by atoms with Gasteiger partial charge in [-0.3, -0.25) is 4.79 Å². The highest BCUT2D eigenvalue weighted by molar-refractivity contribution is 7.89. The van der Waals surface area contributed by atoms with Crippen LogP contribution >= 0.6 is 0 Å². The monoisotopic (exact) mass is 569 g/mol. The van der Waals surface area contributed by atoms with E-state index >= 15 is 4.39 Å². The highest BCUT2D eigenvalue weighted by Crippen LogP contribution is 2.39. The Hall–Kier alpha value is -3.88. The maximum atomic E-state index is 15.3. The molecule has 4 aromatic rings. The average molecular weight is 570 g/mol. The maximum absolute atomic E-state index is 15.3. The minimum absolute atomic E-state index is 0.000625. The number of halogens is 1. The lowest BCUT2D eigenvalue weighted by Crippen LogP contribution is -2.41.